The second-order valence-electron chi connectivity index (χ2n) is 7.09. The standard InChI is InChI=1S/C23H23NO2S/c1-4-13-26-23(25)19-15(3)24-22-21(17-7-5-6-8-18(17)27-22)20(19)16-11-9-14(2)10-12-16/h4,9-12H,1,5-8,13H2,2-3H3. The first-order chi connectivity index (χ1) is 13.1. The minimum atomic E-state index is -0.326. The predicted octanol–water partition coefficient (Wildman–Crippen LogP) is 5.80. The summed E-state index contributed by atoms with van der Waals surface area (Å²) in [7, 11) is 0. The second kappa shape index (κ2) is 7.28. The largest absolute Gasteiger partial charge is 0.458 e. The summed E-state index contributed by atoms with van der Waals surface area (Å²) in [5, 5.41) is 1.15. The Bertz CT molecular complexity index is 1030. The number of thiophene rings is 1. The highest BCUT2D eigenvalue weighted by Crippen LogP contribution is 2.43. The van der Waals surface area contributed by atoms with Gasteiger partial charge in [0.15, 0.2) is 0 Å². The van der Waals surface area contributed by atoms with Crippen LogP contribution in [0.3, 0.4) is 0 Å². The lowest BCUT2D eigenvalue weighted by atomic mass is 9.89. The van der Waals surface area contributed by atoms with Gasteiger partial charge >= 0.3 is 5.97 Å². The van der Waals surface area contributed by atoms with Gasteiger partial charge in [-0.1, -0.05) is 42.5 Å². The zero-order chi connectivity index (χ0) is 19.0. The van der Waals surface area contributed by atoms with Gasteiger partial charge in [0.2, 0.25) is 0 Å². The van der Waals surface area contributed by atoms with Gasteiger partial charge in [-0.3, -0.25) is 0 Å². The molecule has 0 aliphatic heterocycles. The molecule has 0 saturated carbocycles. The monoisotopic (exact) mass is 377 g/mol. The summed E-state index contributed by atoms with van der Waals surface area (Å²) in [5.41, 5.74) is 5.91. The molecular formula is C23H23NO2S. The van der Waals surface area contributed by atoms with E-state index >= 15 is 0 Å². The molecule has 0 unspecified atom stereocenters. The van der Waals surface area contributed by atoms with Gasteiger partial charge in [0.25, 0.3) is 0 Å². The number of ether oxygens (including phenoxy) is 1. The number of benzene rings is 1. The highest BCUT2D eigenvalue weighted by molar-refractivity contribution is 7.19. The van der Waals surface area contributed by atoms with E-state index in [0.29, 0.717) is 5.56 Å². The van der Waals surface area contributed by atoms with Gasteiger partial charge in [0, 0.05) is 15.8 Å². The Labute approximate surface area is 163 Å². The van der Waals surface area contributed by atoms with E-state index in [-0.39, 0.29) is 12.6 Å². The summed E-state index contributed by atoms with van der Waals surface area (Å²) < 4.78 is 5.42. The molecule has 1 aliphatic rings. The normalized spacial score (nSPS) is 13.4. The number of aromatic nitrogens is 1. The zero-order valence-corrected chi connectivity index (χ0v) is 16.6. The lowest BCUT2D eigenvalue weighted by molar-refractivity contribution is 0.0549. The van der Waals surface area contributed by atoms with E-state index in [2.05, 4.69) is 37.8 Å². The van der Waals surface area contributed by atoms with Crippen LogP contribution >= 0.6 is 11.3 Å². The van der Waals surface area contributed by atoms with Crippen molar-refractivity contribution in [1.29, 1.82) is 0 Å². The predicted molar refractivity (Wildman–Crippen MR) is 112 cm³/mol. The molecule has 0 radical (unpaired) electrons. The van der Waals surface area contributed by atoms with E-state index in [1.807, 2.05) is 6.92 Å². The van der Waals surface area contributed by atoms with Gasteiger partial charge in [-0.2, -0.15) is 0 Å². The molecule has 0 atom stereocenters. The summed E-state index contributed by atoms with van der Waals surface area (Å²) in [4.78, 5) is 20.2. The van der Waals surface area contributed by atoms with Crippen LogP contribution in [0.25, 0.3) is 21.3 Å². The summed E-state index contributed by atoms with van der Waals surface area (Å²) in [6.07, 6.45) is 6.18. The van der Waals surface area contributed by atoms with Gasteiger partial charge in [-0.05, 0) is 50.7 Å². The maximum absolute atomic E-state index is 12.9. The molecule has 3 nitrogen and oxygen atoms in total. The highest BCUT2D eigenvalue weighted by Gasteiger charge is 2.26. The fourth-order valence-corrected chi connectivity index (χ4v) is 5.18. The van der Waals surface area contributed by atoms with Crippen LogP contribution in [0.15, 0.2) is 36.9 Å². The number of carbonyl (C=O) groups is 1. The van der Waals surface area contributed by atoms with E-state index in [4.69, 9.17) is 9.72 Å². The van der Waals surface area contributed by atoms with Crippen molar-refractivity contribution in [1.82, 2.24) is 4.98 Å². The number of fused-ring (bicyclic) bond motifs is 3. The number of pyridine rings is 1. The molecule has 2 aromatic heterocycles. The fourth-order valence-electron chi connectivity index (χ4n) is 3.87. The number of aryl methyl sites for hydroxylation is 4. The molecule has 0 fully saturated rings. The molecule has 0 N–H and O–H groups in total. The van der Waals surface area contributed by atoms with Gasteiger partial charge in [-0.15, -0.1) is 11.3 Å². The third-order valence-corrected chi connectivity index (χ3v) is 6.35. The number of nitrogens with zero attached hydrogens (tertiary/aromatic N) is 1. The van der Waals surface area contributed by atoms with Crippen molar-refractivity contribution in [2.75, 3.05) is 6.61 Å². The Hall–Kier alpha value is -2.46. The summed E-state index contributed by atoms with van der Waals surface area (Å²) >= 11 is 1.78. The summed E-state index contributed by atoms with van der Waals surface area (Å²) in [6, 6.07) is 8.38. The molecule has 27 heavy (non-hydrogen) atoms. The van der Waals surface area contributed by atoms with Gasteiger partial charge in [-0.25, -0.2) is 9.78 Å². The first-order valence-corrected chi connectivity index (χ1v) is 10.2. The topological polar surface area (TPSA) is 39.2 Å². The number of carbonyl (C=O) groups excluding carboxylic acids is 1. The van der Waals surface area contributed by atoms with Gasteiger partial charge < -0.3 is 4.74 Å². The quantitative estimate of drug-likeness (QED) is 0.426. The van der Waals surface area contributed by atoms with Crippen molar-refractivity contribution in [3.05, 3.63) is 64.2 Å². The van der Waals surface area contributed by atoms with Crippen LogP contribution < -0.4 is 0 Å². The third kappa shape index (κ3) is 3.19. The van der Waals surface area contributed by atoms with Crippen molar-refractivity contribution in [3.63, 3.8) is 0 Å². The van der Waals surface area contributed by atoms with Crippen molar-refractivity contribution >= 4 is 27.5 Å². The smallest absolute Gasteiger partial charge is 0.340 e. The Morgan fingerprint density at radius 2 is 1.96 bits per heavy atom. The average molecular weight is 378 g/mol. The van der Waals surface area contributed by atoms with E-state index < -0.39 is 0 Å². The molecule has 0 saturated heterocycles. The van der Waals surface area contributed by atoms with E-state index in [0.717, 1.165) is 39.9 Å². The number of hydrogen-bond donors (Lipinski definition) is 0. The Kier molecular flexibility index (Phi) is 4.83. The summed E-state index contributed by atoms with van der Waals surface area (Å²) in [5.74, 6) is -0.326. The van der Waals surface area contributed by atoms with Crippen LogP contribution in [0, 0.1) is 13.8 Å². The molecular weight excluding hydrogens is 354 g/mol. The zero-order valence-electron chi connectivity index (χ0n) is 15.8. The SMILES string of the molecule is C=CCOC(=O)c1c(C)nc2sc3c(c2c1-c1ccc(C)cc1)CCCC3. The molecule has 4 rings (SSSR count). The number of rotatable bonds is 4. The molecule has 0 bridgehead atoms. The van der Waals surface area contributed by atoms with Crippen LogP contribution in [-0.4, -0.2) is 17.6 Å². The first-order valence-electron chi connectivity index (χ1n) is 9.40. The molecule has 138 valence electrons. The number of esters is 1. The Morgan fingerprint density at radius 1 is 1.22 bits per heavy atom. The maximum Gasteiger partial charge on any atom is 0.340 e. The molecule has 0 amide bonds. The highest BCUT2D eigenvalue weighted by atomic mass is 32.1. The van der Waals surface area contributed by atoms with Crippen molar-refractivity contribution in [3.8, 4) is 11.1 Å². The molecule has 1 aliphatic carbocycles. The Balaban J connectivity index is 2.04. The van der Waals surface area contributed by atoms with Crippen molar-refractivity contribution in [2.24, 2.45) is 0 Å². The van der Waals surface area contributed by atoms with Crippen LogP contribution in [0.5, 0.6) is 0 Å². The lowest BCUT2D eigenvalue weighted by Gasteiger charge is -2.16. The lowest BCUT2D eigenvalue weighted by Crippen LogP contribution is -2.11. The molecule has 3 aromatic rings. The van der Waals surface area contributed by atoms with Crippen molar-refractivity contribution in [2.45, 2.75) is 39.5 Å². The number of hydrogen-bond acceptors (Lipinski definition) is 4. The van der Waals surface area contributed by atoms with E-state index in [9.17, 15) is 4.79 Å². The molecule has 1 aromatic carbocycles. The van der Waals surface area contributed by atoms with Crippen molar-refractivity contribution < 1.29 is 9.53 Å². The fraction of sp³-hybridized carbons (Fsp3) is 0.304. The minimum absolute atomic E-state index is 0.200. The van der Waals surface area contributed by atoms with E-state index in [1.165, 1.54) is 28.8 Å². The van der Waals surface area contributed by atoms with Crippen LogP contribution in [-0.2, 0) is 17.6 Å². The third-order valence-electron chi connectivity index (χ3n) is 5.16. The minimum Gasteiger partial charge on any atom is -0.458 e. The maximum atomic E-state index is 12.9. The van der Waals surface area contributed by atoms with E-state index in [1.54, 1.807) is 17.4 Å². The average Bonchev–Trinajstić information content (AvgIpc) is 3.03. The first kappa shape index (κ1) is 17.9. The van der Waals surface area contributed by atoms with Crippen LogP contribution in [0.1, 0.15) is 44.9 Å². The molecule has 4 heteroatoms. The second-order valence-corrected chi connectivity index (χ2v) is 8.18. The molecule has 0 spiro atoms. The Morgan fingerprint density at radius 3 is 2.70 bits per heavy atom. The van der Waals surface area contributed by atoms with Crippen LogP contribution in [0.2, 0.25) is 0 Å². The van der Waals surface area contributed by atoms with Gasteiger partial charge in [0.1, 0.15) is 11.4 Å². The summed E-state index contributed by atoms with van der Waals surface area (Å²) in [6.45, 7) is 7.82. The van der Waals surface area contributed by atoms with Gasteiger partial charge in [0.05, 0.1) is 11.3 Å². The van der Waals surface area contributed by atoms with Crippen LogP contribution in [0.4, 0.5) is 0 Å². The molecule has 2 heterocycles.